The average Bonchev–Trinajstić information content (AvgIpc) is 2.99. The number of nitrogens with one attached hydrogen (secondary N) is 2. The standard InChI is InChI=1S/C17H29N3O2S/c1-12(15-10-23-11-19-15)20-14-8-6-5-7-13(14)9-18-16(21)22-17(2,3)4/h10-14,20H,5-9H2,1-4H3,(H,18,21). The summed E-state index contributed by atoms with van der Waals surface area (Å²) in [5, 5.41) is 8.72. The Morgan fingerprint density at radius 1 is 1.43 bits per heavy atom. The summed E-state index contributed by atoms with van der Waals surface area (Å²) in [6.45, 7) is 8.46. The molecule has 0 saturated heterocycles. The quantitative estimate of drug-likeness (QED) is 0.854. The van der Waals surface area contributed by atoms with Crippen LogP contribution in [0.1, 0.15) is 65.1 Å². The molecule has 2 N–H and O–H groups in total. The van der Waals surface area contributed by atoms with Crippen molar-refractivity contribution in [3.63, 3.8) is 0 Å². The third-order valence-electron chi connectivity index (χ3n) is 4.18. The molecule has 130 valence electrons. The maximum Gasteiger partial charge on any atom is 0.407 e. The number of rotatable bonds is 5. The predicted molar refractivity (Wildman–Crippen MR) is 93.6 cm³/mol. The van der Waals surface area contributed by atoms with Crippen molar-refractivity contribution >= 4 is 17.4 Å². The van der Waals surface area contributed by atoms with E-state index in [4.69, 9.17) is 4.74 Å². The monoisotopic (exact) mass is 339 g/mol. The van der Waals surface area contributed by atoms with Gasteiger partial charge in [-0.1, -0.05) is 12.8 Å². The largest absolute Gasteiger partial charge is 0.444 e. The zero-order valence-corrected chi connectivity index (χ0v) is 15.4. The van der Waals surface area contributed by atoms with Crippen molar-refractivity contribution in [3.8, 4) is 0 Å². The third-order valence-corrected chi connectivity index (χ3v) is 4.78. The number of thiazole rings is 1. The van der Waals surface area contributed by atoms with Gasteiger partial charge in [0.15, 0.2) is 0 Å². The van der Waals surface area contributed by atoms with Gasteiger partial charge in [0.05, 0.1) is 11.2 Å². The molecule has 3 atom stereocenters. The molecule has 1 aromatic rings. The molecule has 0 spiro atoms. The molecule has 1 aromatic heterocycles. The second kappa shape index (κ2) is 8.11. The van der Waals surface area contributed by atoms with Crippen LogP contribution in [0.25, 0.3) is 0 Å². The Morgan fingerprint density at radius 2 is 2.17 bits per heavy atom. The number of alkyl carbamates (subject to hydrolysis) is 1. The molecule has 1 fully saturated rings. The maximum absolute atomic E-state index is 11.9. The fourth-order valence-electron chi connectivity index (χ4n) is 3.04. The van der Waals surface area contributed by atoms with Gasteiger partial charge in [0.25, 0.3) is 0 Å². The lowest BCUT2D eigenvalue weighted by Crippen LogP contribution is -2.45. The fraction of sp³-hybridized carbons (Fsp3) is 0.765. The van der Waals surface area contributed by atoms with Gasteiger partial charge in [-0.05, 0) is 46.5 Å². The van der Waals surface area contributed by atoms with Crippen LogP contribution >= 0.6 is 11.3 Å². The highest BCUT2D eigenvalue weighted by atomic mass is 32.1. The van der Waals surface area contributed by atoms with Crippen LogP contribution < -0.4 is 10.6 Å². The zero-order valence-electron chi connectivity index (χ0n) is 14.6. The van der Waals surface area contributed by atoms with Gasteiger partial charge in [-0.3, -0.25) is 0 Å². The van der Waals surface area contributed by atoms with Gasteiger partial charge in [0.2, 0.25) is 0 Å². The molecule has 0 aromatic carbocycles. The van der Waals surface area contributed by atoms with Crippen molar-refractivity contribution in [1.82, 2.24) is 15.6 Å². The van der Waals surface area contributed by atoms with Gasteiger partial charge >= 0.3 is 6.09 Å². The summed E-state index contributed by atoms with van der Waals surface area (Å²) in [5.74, 6) is 0.442. The average molecular weight is 340 g/mol. The minimum atomic E-state index is -0.451. The van der Waals surface area contributed by atoms with Crippen molar-refractivity contribution in [2.45, 2.75) is 71.1 Å². The Balaban J connectivity index is 1.84. The van der Waals surface area contributed by atoms with E-state index in [0.29, 0.717) is 18.5 Å². The van der Waals surface area contributed by atoms with Crippen LogP contribution in [0.4, 0.5) is 4.79 Å². The number of carbonyl (C=O) groups is 1. The summed E-state index contributed by atoms with van der Waals surface area (Å²) in [7, 11) is 0. The lowest BCUT2D eigenvalue weighted by molar-refractivity contribution is 0.0510. The van der Waals surface area contributed by atoms with Crippen LogP contribution in [0.3, 0.4) is 0 Å². The van der Waals surface area contributed by atoms with E-state index in [2.05, 4.69) is 27.9 Å². The van der Waals surface area contributed by atoms with Crippen LogP contribution in [0.5, 0.6) is 0 Å². The van der Waals surface area contributed by atoms with Crippen LogP contribution in [0.2, 0.25) is 0 Å². The molecule has 1 aliphatic carbocycles. The van der Waals surface area contributed by atoms with E-state index in [-0.39, 0.29) is 12.1 Å². The molecule has 23 heavy (non-hydrogen) atoms. The third kappa shape index (κ3) is 6.11. The number of ether oxygens (including phenoxy) is 1. The molecule has 3 unspecified atom stereocenters. The normalized spacial score (nSPS) is 23.3. The Morgan fingerprint density at radius 3 is 2.83 bits per heavy atom. The highest BCUT2D eigenvalue weighted by Crippen LogP contribution is 2.26. The Labute approximate surface area is 143 Å². The van der Waals surface area contributed by atoms with Gasteiger partial charge in [0, 0.05) is 24.0 Å². The molecule has 1 saturated carbocycles. The molecule has 1 aliphatic rings. The molecule has 0 radical (unpaired) electrons. The SMILES string of the molecule is CC(NC1CCCCC1CNC(=O)OC(C)(C)C)c1cscn1. The van der Waals surface area contributed by atoms with Crippen LogP contribution in [-0.2, 0) is 4.74 Å². The topological polar surface area (TPSA) is 63.2 Å². The predicted octanol–water partition coefficient (Wildman–Crippen LogP) is 3.88. The Bertz CT molecular complexity index is 485. The van der Waals surface area contributed by atoms with Crippen molar-refractivity contribution in [2.75, 3.05) is 6.54 Å². The molecule has 0 bridgehead atoms. The first-order chi connectivity index (χ1) is 10.8. The van der Waals surface area contributed by atoms with Crippen molar-refractivity contribution in [2.24, 2.45) is 5.92 Å². The van der Waals surface area contributed by atoms with Gasteiger partial charge in [-0.25, -0.2) is 9.78 Å². The minimum Gasteiger partial charge on any atom is -0.444 e. The van der Waals surface area contributed by atoms with Crippen molar-refractivity contribution < 1.29 is 9.53 Å². The van der Waals surface area contributed by atoms with Crippen LogP contribution in [0, 0.1) is 5.92 Å². The summed E-state index contributed by atoms with van der Waals surface area (Å²) < 4.78 is 5.32. The lowest BCUT2D eigenvalue weighted by Gasteiger charge is -2.34. The molecule has 6 heteroatoms. The van der Waals surface area contributed by atoms with E-state index in [0.717, 1.165) is 18.5 Å². The number of hydrogen-bond acceptors (Lipinski definition) is 5. The molecule has 2 rings (SSSR count). The van der Waals surface area contributed by atoms with Gasteiger partial charge in [-0.2, -0.15) is 0 Å². The molecule has 5 nitrogen and oxygen atoms in total. The molecular weight excluding hydrogens is 310 g/mol. The van der Waals surface area contributed by atoms with Crippen LogP contribution in [0.15, 0.2) is 10.9 Å². The second-order valence-electron chi connectivity index (χ2n) is 7.34. The second-order valence-corrected chi connectivity index (χ2v) is 8.05. The van der Waals surface area contributed by atoms with Crippen molar-refractivity contribution in [3.05, 3.63) is 16.6 Å². The highest BCUT2D eigenvalue weighted by Gasteiger charge is 2.27. The number of amides is 1. The summed E-state index contributed by atoms with van der Waals surface area (Å²) in [6, 6.07) is 0.656. The summed E-state index contributed by atoms with van der Waals surface area (Å²) >= 11 is 1.63. The van der Waals surface area contributed by atoms with E-state index in [1.54, 1.807) is 11.3 Å². The first kappa shape index (κ1) is 18.2. The maximum atomic E-state index is 11.9. The first-order valence-electron chi connectivity index (χ1n) is 8.46. The molecular formula is C17H29N3O2S. The molecule has 1 amide bonds. The minimum absolute atomic E-state index is 0.244. The number of nitrogens with zero attached hydrogens (tertiary/aromatic N) is 1. The lowest BCUT2D eigenvalue weighted by atomic mass is 9.84. The number of hydrogen-bond donors (Lipinski definition) is 2. The van der Waals surface area contributed by atoms with E-state index < -0.39 is 5.60 Å². The summed E-state index contributed by atoms with van der Waals surface area (Å²) in [6.07, 6.45) is 4.43. The van der Waals surface area contributed by atoms with E-state index in [1.165, 1.54) is 12.8 Å². The Kier molecular flexibility index (Phi) is 6.41. The first-order valence-corrected chi connectivity index (χ1v) is 9.40. The fourth-order valence-corrected chi connectivity index (χ4v) is 3.69. The van der Waals surface area contributed by atoms with Crippen LogP contribution in [-0.4, -0.2) is 29.3 Å². The van der Waals surface area contributed by atoms with E-state index in [9.17, 15) is 4.79 Å². The summed E-state index contributed by atoms with van der Waals surface area (Å²) in [5.41, 5.74) is 2.52. The molecule has 1 heterocycles. The summed E-state index contributed by atoms with van der Waals surface area (Å²) in [4.78, 5) is 16.2. The van der Waals surface area contributed by atoms with E-state index >= 15 is 0 Å². The zero-order chi connectivity index (χ0) is 16.9. The Hall–Kier alpha value is -1.14. The molecule has 0 aliphatic heterocycles. The highest BCUT2D eigenvalue weighted by molar-refractivity contribution is 7.07. The van der Waals surface area contributed by atoms with E-state index in [1.807, 2.05) is 26.3 Å². The van der Waals surface area contributed by atoms with Gasteiger partial charge < -0.3 is 15.4 Å². The smallest absolute Gasteiger partial charge is 0.407 e. The number of carbonyl (C=O) groups excluding carboxylic acids is 1. The van der Waals surface area contributed by atoms with Gasteiger partial charge in [-0.15, -0.1) is 11.3 Å². The number of aromatic nitrogens is 1. The van der Waals surface area contributed by atoms with Gasteiger partial charge in [0.1, 0.15) is 5.60 Å². The van der Waals surface area contributed by atoms with Crippen molar-refractivity contribution in [1.29, 1.82) is 0 Å².